The largest absolute Gasteiger partial charge is 0.384 e. The van der Waals surface area contributed by atoms with Gasteiger partial charge in [0.2, 0.25) is 0 Å². The molecule has 0 saturated heterocycles. The van der Waals surface area contributed by atoms with Crippen LogP contribution in [0.15, 0.2) is 48.5 Å². The second kappa shape index (κ2) is 7.56. The van der Waals surface area contributed by atoms with E-state index in [0.29, 0.717) is 33.4 Å². The summed E-state index contributed by atoms with van der Waals surface area (Å²) in [6.45, 7) is 0. The van der Waals surface area contributed by atoms with E-state index < -0.39 is 0 Å². The molecule has 0 saturated carbocycles. The molecule has 2 aromatic carbocycles. The van der Waals surface area contributed by atoms with Crippen LogP contribution in [0.5, 0.6) is 0 Å². The van der Waals surface area contributed by atoms with Crippen molar-refractivity contribution in [3.05, 3.63) is 70.8 Å². The van der Waals surface area contributed by atoms with E-state index in [1.54, 1.807) is 24.3 Å². The van der Waals surface area contributed by atoms with Gasteiger partial charge in [-0.05, 0) is 12.1 Å². The molecule has 1 heterocycles. The predicted octanol–water partition coefficient (Wildman–Crippen LogP) is 2.22. The third-order valence-electron chi connectivity index (χ3n) is 4.38. The fourth-order valence-electron chi connectivity index (χ4n) is 3.17. The minimum Gasteiger partial charge on any atom is -0.384 e. The Hall–Kier alpha value is -3.98. The van der Waals surface area contributed by atoms with Gasteiger partial charge in [-0.3, -0.25) is 21.6 Å². The van der Waals surface area contributed by atoms with Crippen LogP contribution in [0.4, 0.5) is 0 Å². The normalized spacial score (nSPS) is 10.5. The van der Waals surface area contributed by atoms with Crippen LogP contribution in [0.3, 0.4) is 0 Å². The van der Waals surface area contributed by atoms with Crippen molar-refractivity contribution in [3.8, 4) is 20.9 Å². The molecule has 0 amide bonds. The summed E-state index contributed by atoms with van der Waals surface area (Å²) in [5.74, 6) is -0.684. The molecule has 29 heavy (non-hydrogen) atoms. The summed E-state index contributed by atoms with van der Waals surface area (Å²) in [4.78, 5) is 1.63. The zero-order valence-electron chi connectivity index (χ0n) is 15.3. The van der Waals surface area contributed by atoms with Gasteiger partial charge in [-0.2, -0.15) is 0 Å². The lowest BCUT2D eigenvalue weighted by molar-refractivity contribution is 1.38. The zero-order chi connectivity index (χ0) is 21.3. The second-order valence-corrected chi connectivity index (χ2v) is 7.36. The lowest BCUT2D eigenvalue weighted by atomic mass is 9.97. The summed E-state index contributed by atoms with van der Waals surface area (Å²) in [6.07, 6.45) is 0. The molecule has 0 aliphatic heterocycles. The quantitative estimate of drug-likeness (QED) is 0.230. The maximum absolute atomic E-state index is 7.94. The minimum absolute atomic E-state index is 0.165. The Bertz CT molecular complexity index is 1080. The highest BCUT2D eigenvalue weighted by Crippen LogP contribution is 2.38. The summed E-state index contributed by atoms with van der Waals surface area (Å²) < 4.78 is 0. The summed E-state index contributed by atoms with van der Waals surface area (Å²) in [5, 5.41) is 31.4. The zero-order valence-corrected chi connectivity index (χ0v) is 16.2. The number of benzene rings is 2. The van der Waals surface area contributed by atoms with Gasteiger partial charge in [-0.1, -0.05) is 36.4 Å². The topological polar surface area (TPSA) is 199 Å². The van der Waals surface area contributed by atoms with E-state index in [1.807, 2.05) is 24.3 Å². The Morgan fingerprint density at radius 1 is 0.552 bits per heavy atom. The van der Waals surface area contributed by atoms with Crippen molar-refractivity contribution in [1.82, 2.24) is 0 Å². The SMILES string of the molecule is N=C(N)c1cccc(-c2ccc(-c3cccc(C(=N)N)c3C(=N)N)s2)c1C(=N)N. The Balaban J connectivity index is 2.20. The van der Waals surface area contributed by atoms with Crippen molar-refractivity contribution in [2.75, 3.05) is 0 Å². The number of nitrogen functional groups attached to an aromatic ring is 4. The average Bonchev–Trinajstić information content (AvgIpc) is 3.16. The average molecular weight is 405 g/mol. The maximum Gasteiger partial charge on any atom is 0.124 e. The molecule has 12 N–H and O–H groups in total. The third kappa shape index (κ3) is 3.58. The van der Waals surface area contributed by atoms with Crippen LogP contribution in [-0.2, 0) is 0 Å². The molecule has 0 aliphatic carbocycles. The van der Waals surface area contributed by atoms with Gasteiger partial charge < -0.3 is 22.9 Å². The van der Waals surface area contributed by atoms with E-state index in [9.17, 15) is 0 Å². The van der Waals surface area contributed by atoms with Crippen molar-refractivity contribution in [3.63, 3.8) is 0 Å². The molecule has 146 valence electrons. The summed E-state index contributed by atoms with van der Waals surface area (Å²) >= 11 is 1.42. The number of nitrogens with two attached hydrogens (primary N) is 4. The molecule has 0 aliphatic rings. The first-order valence-corrected chi connectivity index (χ1v) is 9.28. The van der Waals surface area contributed by atoms with Gasteiger partial charge in [0, 0.05) is 43.1 Å². The molecule has 3 rings (SSSR count). The first-order chi connectivity index (χ1) is 13.7. The van der Waals surface area contributed by atoms with Crippen LogP contribution in [0.1, 0.15) is 22.3 Å². The number of thiophene rings is 1. The van der Waals surface area contributed by atoms with Crippen LogP contribution < -0.4 is 22.9 Å². The van der Waals surface area contributed by atoms with Crippen molar-refractivity contribution in [2.45, 2.75) is 0 Å². The Morgan fingerprint density at radius 2 is 0.931 bits per heavy atom. The first kappa shape index (κ1) is 19.8. The van der Waals surface area contributed by atoms with Crippen LogP contribution >= 0.6 is 11.3 Å². The van der Waals surface area contributed by atoms with Gasteiger partial charge in [0.15, 0.2) is 0 Å². The molecule has 9 heteroatoms. The summed E-state index contributed by atoms with van der Waals surface area (Å²) in [6, 6.07) is 14.2. The first-order valence-electron chi connectivity index (χ1n) is 8.46. The predicted molar refractivity (Wildman–Crippen MR) is 119 cm³/mol. The van der Waals surface area contributed by atoms with E-state index in [0.717, 1.165) is 9.75 Å². The molecule has 8 nitrogen and oxygen atoms in total. The Kier molecular flexibility index (Phi) is 5.16. The Morgan fingerprint density at radius 3 is 1.24 bits per heavy atom. The lowest BCUT2D eigenvalue weighted by Gasteiger charge is -2.12. The van der Waals surface area contributed by atoms with Crippen molar-refractivity contribution < 1.29 is 0 Å². The van der Waals surface area contributed by atoms with Gasteiger partial charge in [-0.15, -0.1) is 11.3 Å². The van der Waals surface area contributed by atoms with Gasteiger partial charge >= 0.3 is 0 Å². The van der Waals surface area contributed by atoms with Crippen molar-refractivity contribution in [1.29, 1.82) is 21.6 Å². The third-order valence-corrected chi connectivity index (χ3v) is 5.54. The lowest BCUT2D eigenvalue weighted by Crippen LogP contribution is -2.21. The van der Waals surface area contributed by atoms with Crippen LogP contribution in [0.2, 0.25) is 0 Å². The van der Waals surface area contributed by atoms with E-state index in [2.05, 4.69) is 0 Å². The molecule has 0 atom stereocenters. The maximum atomic E-state index is 7.94. The molecule has 3 aromatic rings. The summed E-state index contributed by atoms with van der Waals surface area (Å²) in [5.41, 5.74) is 25.8. The van der Waals surface area contributed by atoms with E-state index >= 15 is 0 Å². The molecule has 0 unspecified atom stereocenters. The van der Waals surface area contributed by atoms with Crippen LogP contribution in [0.25, 0.3) is 20.9 Å². The van der Waals surface area contributed by atoms with Crippen molar-refractivity contribution in [2.24, 2.45) is 22.9 Å². The van der Waals surface area contributed by atoms with Crippen LogP contribution in [0, 0.1) is 21.6 Å². The van der Waals surface area contributed by atoms with E-state index in [1.165, 1.54) is 11.3 Å². The van der Waals surface area contributed by atoms with Crippen LogP contribution in [-0.4, -0.2) is 23.3 Å². The monoisotopic (exact) mass is 404 g/mol. The standard InChI is InChI=1S/C20H20N8S/c21-17(22)11-5-1-3-9(15(11)19(25)26)13-7-8-14(29-13)10-4-2-6-12(18(23)24)16(10)20(27)28/h1-8H,(H3,21,22)(H3,23,24)(H3,25,26)(H3,27,28). The highest BCUT2D eigenvalue weighted by atomic mass is 32.1. The smallest absolute Gasteiger partial charge is 0.124 e. The van der Waals surface area contributed by atoms with Gasteiger partial charge in [0.1, 0.15) is 23.3 Å². The number of amidine groups is 4. The number of nitrogens with one attached hydrogen (secondary N) is 4. The Labute approximate surface area is 171 Å². The number of hydrogen-bond donors (Lipinski definition) is 8. The second-order valence-electron chi connectivity index (χ2n) is 6.27. The fourth-order valence-corrected chi connectivity index (χ4v) is 4.24. The molecule has 0 spiro atoms. The molecule has 0 fully saturated rings. The van der Waals surface area contributed by atoms with E-state index in [4.69, 9.17) is 44.6 Å². The summed E-state index contributed by atoms with van der Waals surface area (Å²) in [7, 11) is 0. The van der Waals surface area contributed by atoms with Gasteiger partial charge in [-0.25, -0.2) is 0 Å². The number of rotatable bonds is 6. The molecule has 1 aromatic heterocycles. The van der Waals surface area contributed by atoms with Crippen molar-refractivity contribution >= 4 is 34.7 Å². The van der Waals surface area contributed by atoms with E-state index in [-0.39, 0.29) is 23.3 Å². The highest BCUT2D eigenvalue weighted by Gasteiger charge is 2.19. The fraction of sp³-hybridized carbons (Fsp3) is 0. The highest BCUT2D eigenvalue weighted by molar-refractivity contribution is 7.18. The molecule has 0 radical (unpaired) electrons. The van der Waals surface area contributed by atoms with Gasteiger partial charge in [0.05, 0.1) is 0 Å². The number of hydrogen-bond acceptors (Lipinski definition) is 5. The molecule has 0 bridgehead atoms. The minimum atomic E-state index is -0.177. The molecular formula is C20H20N8S. The van der Waals surface area contributed by atoms with Gasteiger partial charge in [0.25, 0.3) is 0 Å². The molecular weight excluding hydrogens is 384 g/mol.